The van der Waals surface area contributed by atoms with Gasteiger partial charge in [0.25, 0.3) is 0 Å². The molecule has 2 N–H and O–H groups in total. The molecule has 0 aliphatic rings. The van der Waals surface area contributed by atoms with E-state index in [1.807, 2.05) is 18.2 Å². The predicted octanol–water partition coefficient (Wildman–Crippen LogP) is 1.59. The zero-order chi connectivity index (χ0) is 14.8. The summed E-state index contributed by atoms with van der Waals surface area (Å²) in [5.74, 6) is 0.653. The highest BCUT2D eigenvalue weighted by Gasteiger charge is 2.27. The molecule has 0 spiro atoms. The van der Waals surface area contributed by atoms with Crippen LogP contribution in [0.2, 0.25) is 0 Å². The molecular formula is C13H18F3NO3. The second-order valence-electron chi connectivity index (χ2n) is 4.15. The van der Waals surface area contributed by atoms with Crippen LogP contribution in [0.3, 0.4) is 0 Å². The van der Waals surface area contributed by atoms with E-state index in [4.69, 9.17) is 4.74 Å². The van der Waals surface area contributed by atoms with Crippen molar-refractivity contribution in [3.63, 3.8) is 0 Å². The van der Waals surface area contributed by atoms with Gasteiger partial charge in [0.05, 0.1) is 6.61 Å². The molecule has 0 aromatic heterocycles. The van der Waals surface area contributed by atoms with E-state index in [0.29, 0.717) is 5.75 Å². The molecule has 1 atom stereocenters. The summed E-state index contributed by atoms with van der Waals surface area (Å²) < 4.78 is 45.0. The largest absolute Gasteiger partial charge is 0.491 e. The lowest BCUT2D eigenvalue weighted by atomic mass is 10.3. The van der Waals surface area contributed by atoms with Gasteiger partial charge in [-0.1, -0.05) is 18.2 Å². The molecule has 0 radical (unpaired) electrons. The minimum absolute atomic E-state index is 0.0637. The maximum Gasteiger partial charge on any atom is 0.411 e. The number of alkyl halides is 3. The first-order valence-corrected chi connectivity index (χ1v) is 6.18. The summed E-state index contributed by atoms with van der Waals surface area (Å²) in [6.45, 7) is -0.749. The minimum Gasteiger partial charge on any atom is -0.491 e. The standard InChI is InChI=1S/C13H18F3NO3/c14-13(15,16)10-19-7-6-17-8-11(18)9-20-12-4-2-1-3-5-12/h1-5,11,17-18H,6-10H2. The molecule has 114 valence electrons. The Hall–Kier alpha value is -1.31. The molecule has 1 aromatic carbocycles. The summed E-state index contributed by atoms with van der Waals surface area (Å²) in [6, 6.07) is 9.03. The van der Waals surface area contributed by atoms with Crippen LogP contribution in [0.1, 0.15) is 0 Å². The molecule has 0 bridgehead atoms. The summed E-state index contributed by atoms with van der Waals surface area (Å²) in [5, 5.41) is 12.4. The lowest BCUT2D eigenvalue weighted by Gasteiger charge is -2.13. The number of benzene rings is 1. The quantitative estimate of drug-likeness (QED) is 0.679. The molecule has 0 aliphatic carbocycles. The van der Waals surface area contributed by atoms with Crippen molar-refractivity contribution in [1.82, 2.24) is 5.32 Å². The molecule has 0 aliphatic heterocycles. The Bertz CT molecular complexity index is 360. The third kappa shape index (κ3) is 8.73. The number of ether oxygens (including phenoxy) is 2. The van der Waals surface area contributed by atoms with Gasteiger partial charge in [-0.15, -0.1) is 0 Å². The fourth-order valence-electron chi connectivity index (χ4n) is 1.37. The third-order valence-corrected chi connectivity index (χ3v) is 2.25. The Balaban J connectivity index is 1.99. The summed E-state index contributed by atoms with van der Waals surface area (Å²) in [4.78, 5) is 0. The topological polar surface area (TPSA) is 50.7 Å². The van der Waals surface area contributed by atoms with E-state index in [9.17, 15) is 18.3 Å². The average molecular weight is 293 g/mol. The van der Waals surface area contributed by atoms with Gasteiger partial charge in [-0.2, -0.15) is 13.2 Å². The second kappa shape index (κ2) is 8.78. The van der Waals surface area contributed by atoms with Crippen molar-refractivity contribution in [1.29, 1.82) is 0 Å². The Morgan fingerprint density at radius 3 is 2.55 bits per heavy atom. The van der Waals surface area contributed by atoms with Crippen molar-refractivity contribution in [2.75, 3.05) is 32.9 Å². The van der Waals surface area contributed by atoms with Gasteiger partial charge < -0.3 is 19.9 Å². The third-order valence-electron chi connectivity index (χ3n) is 2.25. The predicted molar refractivity (Wildman–Crippen MR) is 67.7 cm³/mol. The summed E-state index contributed by atoms with van der Waals surface area (Å²) in [5.41, 5.74) is 0. The van der Waals surface area contributed by atoms with Crippen LogP contribution >= 0.6 is 0 Å². The van der Waals surface area contributed by atoms with Gasteiger partial charge in [0.15, 0.2) is 0 Å². The molecule has 20 heavy (non-hydrogen) atoms. The van der Waals surface area contributed by atoms with Crippen LogP contribution in [0, 0.1) is 0 Å². The minimum atomic E-state index is -4.30. The number of aliphatic hydroxyl groups is 1. The molecular weight excluding hydrogens is 275 g/mol. The molecule has 0 saturated carbocycles. The highest BCUT2D eigenvalue weighted by molar-refractivity contribution is 5.20. The SMILES string of the molecule is OC(CNCCOCC(F)(F)F)COc1ccccc1. The number of hydrogen-bond donors (Lipinski definition) is 2. The van der Waals surface area contributed by atoms with E-state index in [1.165, 1.54) is 0 Å². The lowest BCUT2D eigenvalue weighted by molar-refractivity contribution is -0.173. The van der Waals surface area contributed by atoms with Crippen LogP contribution in [-0.2, 0) is 4.74 Å². The van der Waals surface area contributed by atoms with Crippen molar-refractivity contribution in [2.45, 2.75) is 12.3 Å². The van der Waals surface area contributed by atoms with E-state index in [0.717, 1.165) is 0 Å². The molecule has 0 saturated heterocycles. The van der Waals surface area contributed by atoms with Crippen molar-refractivity contribution in [3.8, 4) is 5.75 Å². The summed E-state index contributed by atoms with van der Waals surface area (Å²) in [6.07, 6.45) is -5.04. The first-order valence-electron chi connectivity index (χ1n) is 6.18. The van der Waals surface area contributed by atoms with Crippen molar-refractivity contribution < 1.29 is 27.8 Å². The molecule has 1 aromatic rings. The van der Waals surface area contributed by atoms with E-state index < -0.39 is 18.9 Å². The van der Waals surface area contributed by atoms with Crippen LogP contribution in [0.25, 0.3) is 0 Å². The monoisotopic (exact) mass is 293 g/mol. The van der Waals surface area contributed by atoms with Crippen molar-refractivity contribution in [3.05, 3.63) is 30.3 Å². The van der Waals surface area contributed by atoms with E-state index >= 15 is 0 Å². The highest BCUT2D eigenvalue weighted by atomic mass is 19.4. The molecule has 7 heteroatoms. The van der Waals surface area contributed by atoms with E-state index in [1.54, 1.807) is 12.1 Å². The van der Waals surface area contributed by atoms with Crippen LogP contribution in [-0.4, -0.2) is 50.3 Å². The zero-order valence-corrected chi connectivity index (χ0v) is 10.9. The van der Waals surface area contributed by atoms with Gasteiger partial charge in [-0.3, -0.25) is 0 Å². The average Bonchev–Trinajstić information content (AvgIpc) is 2.40. The normalized spacial score (nSPS) is 13.2. The van der Waals surface area contributed by atoms with Gasteiger partial charge >= 0.3 is 6.18 Å². The number of halogens is 3. The summed E-state index contributed by atoms with van der Waals surface area (Å²) >= 11 is 0. The first kappa shape index (κ1) is 16.7. The Labute approximate surface area is 115 Å². The van der Waals surface area contributed by atoms with Gasteiger partial charge in [-0.25, -0.2) is 0 Å². The maximum atomic E-state index is 11.8. The number of aliphatic hydroxyl groups excluding tert-OH is 1. The Morgan fingerprint density at radius 1 is 1.20 bits per heavy atom. The van der Waals surface area contributed by atoms with Crippen LogP contribution in [0.15, 0.2) is 30.3 Å². The van der Waals surface area contributed by atoms with E-state index in [-0.39, 0.29) is 26.3 Å². The first-order chi connectivity index (χ1) is 9.47. The molecule has 0 fully saturated rings. The zero-order valence-electron chi connectivity index (χ0n) is 10.9. The second-order valence-corrected chi connectivity index (χ2v) is 4.15. The maximum absolute atomic E-state index is 11.8. The molecule has 1 unspecified atom stereocenters. The number of hydrogen-bond acceptors (Lipinski definition) is 4. The summed E-state index contributed by atoms with van der Waals surface area (Å²) in [7, 11) is 0. The van der Waals surface area contributed by atoms with Crippen LogP contribution < -0.4 is 10.1 Å². The Morgan fingerprint density at radius 2 is 1.90 bits per heavy atom. The fraction of sp³-hybridized carbons (Fsp3) is 0.538. The van der Waals surface area contributed by atoms with Crippen molar-refractivity contribution in [2.24, 2.45) is 0 Å². The lowest BCUT2D eigenvalue weighted by Crippen LogP contribution is -2.33. The highest BCUT2D eigenvalue weighted by Crippen LogP contribution is 2.13. The molecule has 0 heterocycles. The van der Waals surface area contributed by atoms with Crippen LogP contribution in [0.5, 0.6) is 5.75 Å². The van der Waals surface area contributed by atoms with E-state index in [2.05, 4.69) is 10.1 Å². The fourth-order valence-corrected chi connectivity index (χ4v) is 1.37. The number of para-hydroxylation sites is 1. The number of rotatable bonds is 9. The molecule has 0 amide bonds. The Kier molecular flexibility index (Phi) is 7.35. The van der Waals surface area contributed by atoms with Gasteiger partial charge in [0.1, 0.15) is 25.1 Å². The molecule has 4 nitrogen and oxygen atoms in total. The van der Waals surface area contributed by atoms with Gasteiger partial charge in [0.2, 0.25) is 0 Å². The smallest absolute Gasteiger partial charge is 0.411 e. The number of nitrogens with one attached hydrogen (secondary N) is 1. The van der Waals surface area contributed by atoms with Gasteiger partial charge in [-0.05, 0) is 12.1 Å². The van der Waals surface area contributed by atoms with Gasteiger partial charge in [0, 0.05) is 13.1 Å². The van der Waals surface area contributed by atoms with Crippen LogP contribution in [0.4, 0.5) is 13.2 Å². The van der Waals surface area contributed by atoms with Crippen molar-refractivity contribution >= 4 is 0 Å². The molecule has 1 rings (SSSR count).